The number of fused-ring (bicyclic) bond motifs is 3. The summed E-state index contributed by atoms with van der Waals surface area (Å²) in [7, 11) is 0. The van der Waals surface area contributed by atoms with E-state index >= 15 is 0 Å². The lowest BCUT2D eigenvalue weighted by atomic mass is 9.74. The van der Waals surface area contributed by atoms with E-state index in [9.17, 15) is 0 Å². The predicted octanol–water partition coefficient (Wildman–Crippen LogP) is 12.5. The molecule has 1 aliphatic carbocycles. The van der Waals surface area contributed by atoms with Crippen molar-refractivity contribution in [3.8, 4) is 23.0 Å². The fraction of sp³-hybridized carbons (Fsp3) is 0.378. The quantitative estimate of drug-likeness (QED) is 0.137. The van der Waals surface area contributed by atoms with Crippen molar-refractivity contribution in [2.45, 2.75) is 105 Å². The van der Waals surface area contributed by atoms with E-state index in [2.05, 4.69) is 144 Å². The minimum absolute atomic E-state index is 0.318. The molecule has 2 atom stereocenters. The maximum Gasteiger partial charge on any atom is 0.137 e. The van der Waals surface area contributed by atoms with E-state index in [0.717, 1.165) is 46.2 Å². The fourth-order valence-electron chi connectivity index (χ4n) is 8.16. The number of benzene rings is 3. The number of para-hydroxylation sites is 1. The summed E-state index contributed by atoms with van der Waals surface area (Å²) in [4.78, 5) is 4.86. The number of hydrogen-bond acceptors (Lipinski definition) is 3. The Morgan fingerprint density at radius 2 is 1.66 bits per heavy atom. The number of aromatic nitrogens is 4. The third-order valence-electron chi connectivity index (χ3n) is 10.7. The van der Waals surface area contributed by atoms with Crippen LogP contribution in [-0.4, -0.2) is 19.3 Å². The molecule has 0 bridgehead atoms. The third-order valence-corrected chi connectivity index (χ3v) is 10.7. The van der Waals surface area contributed by atoms with Crippen molar-refractivity contribution in [1.82, 2.24) is 19.3 Å². The number of unbranched alkanes of at least 4 members (excludes halogenated alkanes) is 1. The van der Waals surface area contributed by atoms with Crippen LogP contribution in [0, 0.1) is 12.8 Å². The van der Waals surface area contributed by atoms with Crippen molar-refractivity contribution in [2.24, 2.45) is 5.92 Å². The van der Waals surface area contributed by atoms with Crippen LogP contribution in [0.2, 0.25) is 0 Å². The first-order valence-electron chi connectivity index (χ1n) is 18.7. The van der Waals surface area contributed by atoms with Crippen LogP contribution < -0.4 is 4.74 Å². The van der Waals surface area contributed by atoms with Crippen molar-refractivity contribution in [1.29, 1.82) is 0 Å². The molecule has 50 heavy (non-hydrogen) atoms. The molecule has 0 fully saturated rings. The Bertz CT molecular complexity index is 2200. The van der Waals surface area contributed by atoms with E-state index in [4.69, 9.17) is 14.8 Å². The molecule has 5 nitrogen and oxygen atoms in total. The van der Waals surface area contributed by atoms with Crippen molar-refractivity contribution >= 4 is 21.8 Å². The lowest BCUT2D eigenvalue weighted by molar-refractivity contribution is 0.445. The molecule has 1 unspecified atom stereocenters. The summed E-state index contributed by atoms with van der Waals surface area (Å²) in [5.74, 6) is 4.20. The molecule has 258 valence electrons. The minimum Gasteiger partial charge on any atom is -0.457 e. The van der Waals surface area contributed by atoms with Crippen LogP contribution in [0.3, 0.4) is 0 Å². The number of pyridine rings is 1. The van der Waals surface area contributed by atoms with Gasteiger partial charge in [0, 0.05) is 40.6 Å². The van der Waals surface area contributed by atoms with Gasteiger partial charge in [0.1, 0.15) is 17.3 Å². The van der Waals surface area contributed by atoms with Gasteiger partial charge in [-0.2, -0.15) is 5.10 Å². The van der Waals surface area contributed by atoms with E-state index in [0.29, 0.717) is 23.7 Å². The van der Waals surface area contributed by atoms with E-state index in [1.807, 2.05) is 6.20 Å². The molecule has 3 aromatic heterocycles. The lowest BCUT2D eigenvalue weighted by Crippen LogP contribution is -2.18. The standard InChI is InChI=1S/C45H52N4O/c1-9-10-16-33-21-22-46-42(23-33)48-40-18-12-11-17-38(40)39-20-19-36(27-41(39)48)50-37-25-34(28(2)3)24-35(26-37)49-45(29(4)5)44(32(8)47-49)43-30(6)14-13-15-31(43)7/h11-12,14,17-29,31,43H,9-10,13,15-16H2,1-8H3/t31?,43-/m0/s1. The van der Waals surface area contributed by atoms with Crippen LogP contribution in [0.5, 0.6) is 11.5 Å². The zero-order chi connectivity index (χ0) is 35.1. The number of ether oxygens (including phenoxy) is 1. The van der Waals surface area contributed by atoms with Gasteiger partial charge >= 0.3 is 0 Å². The Hall–Kier alpha value is -4.64. The van der Waals surface area contributed by atoms with E-state index in [-0.39, 0.29) is 0 Å². The van der Waals surface area contributed by atoms with Crippen LogP contribution in [0.1, 0.15) is 120 Å². The molecule has 5 heteroatoms. The van der Waals surface area contributed by atoms with E-state index in [1.165, 1.54) is 64.4 Å². The summed E-state index contributed by atoms with van der Waals surface area (Å²) in [6.45, 7) is 18.2. The molecule has 1 aliphatic rings. The predicted molar refractivity (Wildman–Crippen MR) is 209 cm³/mol. The topological polar surface area (TPSA) is 44.9 Å². The summed E-state index contributed by atoms with van der Waals surface area (Å²) < 4.78 is 11.3. The largest absolute Gasteiger partial charge is 0.457 e. The highest BCUT2D eigenvalue weighted by Gasteiger charge is 2.32. The molecule has 0 aliphatic heterocycles. The molecule has 0 saturated heterocycles. The SMILES string of the molecule is CCCCc1ccnc(-n2c3ccccc3c3ccc(Oc4cc(C(C)C)cc(-n5nc(C)c([C@H]6C(C)=CCCC6C)c5C(C)C)c4)cc32)c1. The highest BCUT2D eigenvalue weighted by molar-refractivity contribution is 6.09. The average Bonchev–Trinajstić information content (AvgIpc) is 3.62. The van der Waals surface area contributed by atoms with Crippen molar-refractivity contribution in [3.63, 3.8) is 0 Å². The summed E-state index contributed by atoms with van der Waals surface area (Å²) in [6, 6.07) is 26.1. The second kappa shape index (κ2) is 13.9. The van der Waals surface area contributed by atoms with E-state index in [1.54, 1.807) is 0 Å². The molecule has 0 N–H and O–H groups in total. The Morgan fingerprint density at radius 3 is 2.42 bits per heavy atom. The zero-order valence-corrected chi connectivity index (χ0v) is 31.1. The molecule has 3 aromatic carbocycles. The molecule has 3 heterocycles. The highest BCUT2D eigenvalue weighted by atomic mass is 16.5. The Labute approximate surface area is 298 Å². The first-order valence-corrected chi connectivity index (χ1v) is 18.7. The van der Waals surface area contributed by atoms with Gasteiger partial charge in [0.05, 0.1) is 28.1 Å². The molecule has 0 spiro atoms. The maximum absolute atomic E-state index is 6.81. The number of allylic oxidation sites excluding steroid dienone is 2. The number of nitrogens with zero attached hydrogens (tertiary/aromatic N) is 4. The van der Waals surface area contributed by atoms with Gasteiger partial charge in [0.2, 0.25) is 0 Å². The molecule has 6 aromatic rings. The monoisotopic (exact) mass is 664 g/mol. The molecule has 0 radical (unpaired) electrons. The number of aryl methyl sites for hydroxylation is 2. The summed E-state index contributed by atoms with van der Waals surface area (Å²) in [5, 5.41) is 7.65. The molecular formula is C45H52N4O. The van der Waals surface area contributed by atoms with Gasteiger partial charge in [-0.3, -0.25) is 4.57 Å². The van der Waals surface area contributed by atoms with Crippen LogP contribution in [-0.2, 0) is 6.42 Å². The van der Waals surface area contributed by atoms with Gasteiger partial charge in [-0.1, -0.05) is 77.8 Å². The summed E-state index contributed by atoms with van der Waals surface area (Å²) in [6.07, 6.45) is 10.2. The van der Waals surface area contributed by atoms with E-state index < -0.39 is 0 Å². The van der Waals surface area contributed by atoms with Crippen LogP contribution >= 0.6 is 0 Å². The second-order valence-electron chi connectivity index (χ2n) is 15.1. The Morgan fingerprint density at radius 1 is 0.860 bits per heavy atom. The van der Waals surface area contributed by atoms with Gasteiger partial charge in [0.15, 0.2) is 0 Å². The fourth-order valence-corrected chi connectivity index (χ4v) is 8.16. The average molecular weight is 665 g/mol. The normalized spacial score (nSPS) is 16.6. The minimum atomic E-state index is 0.318. The first-order chi connectivity index (χ1) is 24.1. The van der Waals surface area contributed by atoms with Crippen molar-refractivity contribution in [2.75, 3.05) is 0 Å². The zero-order valence-electron chi connectivity index (χ0n) is 31.1. The van der Waals surface area contributed by atoms with Gasteiger partial charge in [-0.05, 0) is 111 Å². The Kier molecular flexibility index (Phi) is 9.43. The van der Waals surface area contributed by atoms with Crippen molar-refractivity contribution in [3.05, 3.63) is 119 Å². The summed E-state index contributed by atoms with van der Waals surface area (Å²) in [5.41, 5.74) is 11.1. The van der Waals surface area contributed by atoms with Crippen molar-refractivity contribution < 1.29 is 4.74 Å². The van der Waals surface area contributed by atoms with Crippen LogP contribution in [0.4, 0.5) is 0 Å². The highest BCUT2D eigenvalue weighted by Crippen LogP contribution is 2.44. The van der Waals surface area contributed by atoms with Gasteiger partial charge < -0.3 is 4.74 Å². The van der Waals surface area contributed by atoms with Gasteiger partial charge in [-0.15, -0.1) is 0 Å². The second-order valence-corrected chi connectivity index (χ2v) is 15.1. The van der Waals surface area contributed by atoms with Crippen LogP contribution in [0.15, 0.2) is 90.6 Å². The number of rotatable bonds is 10. The first kappa shape index (κ1) is 33.8. The molecule has 0 saturated carbocycles. The van der Waals surface area contributed by atoms with Gasteiger partial charge in [0.25, 0.3) is 0 Å². The maximum atomic E-state index is 6.81. The van der Waals surface area contributed by atoms with Crippen LogP contribution in [0.25, 0.3) is 33.3 Å². The molecule has 0 amide bonds. The molecule has 7 rings (SSSR count). The van der Waals surface area contributed by atoms with Gasteiger partial charge in [-0.25, -0.2) is 9.67 Å². The lowest BCUT2D eigenvalue weighted by Gasteiger charge is -2.30. The smallest absolute Gasteiger partial charge is 0.137 e. The third kappa shape index (κ3) is 6.27. The summed E-state index contributed by atoms with van der Waals surface area (Å²) >= 11 is 0. The molecular weight excluding hydrogens is 613 g/mol. The Balaban J connectivity index is 1.33. The number of hydrogen-bond donors (Lipinski definition) is 0.